The van der Waals surface area contributed by atoms with Crippen molar-refractivity contribution in [1.29, 1.82) is 0 Å². The van der Waals surface area contributed by atoms with Gasteiger partial charge in [-0.25, -0.2) is 0 Å². The third kappa shape index (κ3) is 2.74. The van der Waals surface area contributed by atoms with Crippen molar-refractivity contribution in [2.75, 3.05) is 13.3 Å². The zero-order chi connectivity index (χ0) is 13.1. The number of nitrogens with one attached hydrogen (secondary N) is 1. The molecule has 0 amide bonds. The lowest BCUT2D eigenvalue weighted by atomic mass is 10.00. The molecular weight excluding hydrogens is 258 g/mol. The van der Waals surface area contributed by atoms with E-state index in [-0.39, 0.29) is 0 Å². The Balaban J connectivity index is 1.83. The molecule has 1 unspecified atom stereocenters. The molecule has 1 atom stereocenters. The van der Waals surface area contributed by atoms with E-state index < -0.39 is 0 Å². The van der Waals surface area contributed by atoms with Crippen molar-refractivity contribution in [2.24, 2.45) is 0 Å². The first-order chi connectivity index (χ1) is 9.36. The minimum absolute atomic E-state index is 0.314. The van der Waals surface area contributed by atoms with Gasteiger partial charge in [0.1, 0.15) is 0 Å². The summed E-state index contributed by atoms with van der Waals surface area (Å²) in [4.78, 5) is 0. The number of benzene rings is 1. The van der Waals surface area contributed by atoms with Crippen molar-refractivity contribution in [1.82, 2.24) is 5.32 Å². The fraction of sp³-hybridized carbons (Fsp3) is 0.333. The molecule has 0 aliphatic carbocycles. The molecular formula is C15H17NO2S. The second kappa shape index (κ2) is 5.63. The van der Waals surface area contributed by atoms with E-state index in [2.05, 4.69) is 41.2 Å². The third-order valence-electron chi connectivity index (χ3n) is 3.27. The van der Waals surface area contributed by atoms with Crippen LogP contribution >= 0.6 is 11.3 Å². The number of thiophene rings is 1. The summed E-state index contributed by atoms with van der Waals surface area (Å²) in [6, 6.07) is 8.70. The molecule has 3 rings (SSSR count). The van der Waals surface area contributed by atoms with Gasteiger partial charge in [0.2, 0.25) is 6.79 Å². The predicted molar refractivity (Wildman–Crippen MR) is 77.0 cm³/mol. The fourth-order valence-corrected chi connectivity index (χ4v) is 3.01. The first kappa shape index (κ1) is 12.5. The Morgan fingerprint density at radius 3 is 2.95 bits per heavy atom. The number of ether oxygens (including phenoxy) is 2. The molecule has 0 radical (unpaired) electrons. The van der Waals surface area contributed by atoms with Crippen LogP contribution in [0.5, 0.6) is 11.5 Å². The zero-order valence-corrected chi connectivity index (χ0v) is 11.7. The summed E-state index contributed by atoms with van der Waals surface area (Å²) in [5.41, 5.74) is 2.62. The number of rotatable bonds is 5. The van der Waals surface area contributed by atoms with Gasteiger partial charge in [0, 0.05) is 6.04 Å². The van der Waals surface area contributed by atoms with E-state index in [1.54, 1.807) is 11.3 Å². The maximum Gasteiger partial charge on any atom is 0.231 e. The van der Waals surface area contributed by atoms with Crippen LogP contribution in [0.3, 0.4) is 0 Å². The fourth-order valence-electron chi connectivity index (χ4n) is 2.33. The lowest BCUT2D eigenvalue weighted by Gasteiger charge is -2.18. The Bertz CT molecular complexity index is 539. The van der Waals surface area contributed by atoms with Crippen molar-refractivity contribution < 1.29 is 9.47 Å². The van der Waals surface area contributed by atoms with Crippen LogP contribution in [-0.2, 0) is 6.42 Å². The van der Waals surface area contributed by atoms with Crippen LogP contribution in [0.1, 0.15) is 24.1 Å². The topological polar surface area (TPSA) is 30.5 Å². The lowest BCUT2D eigenvalue weighted by Crippen LogP contribution is -2.22. The predicted octanol–water partition coefficient (Wildman–Crippen LogP) is 3.37. The average Bonchev–Trinajstić information content (AvgIpc) is 3.08. The van der Waals surface area contributed by atoms with Crippen LogP contribution in [0.25, 0.3) is 0 Å². The van der Waals surface area contributed by atoms with Gasteiger partial charge >= 0.3 is 0 Å². The van der Waals surface area contributed by atoms with Crippen molar-refractivity contribution in [3.63, 3.8) is 0 Å². The van der Waals surface area contributed by atoms with Crippen LogP contribution in [0.4, 0.5) is 0 Å². The van der Waals surface area contributed by atoms with E-state index in [1.807, 2.05) is 6.07 Å². The molecule has 1 aromatic heterocycles. The molecule has 0 fully saturated rings. The lowest BCUT2D eigenvalue weighted by molar-refractivity contribution is 0.174. The number of hydrogen-bond acceptors (Lipinski definition) is 4. The Kier molecular flexibility index (Phi) is 3.71. The van der Waals surface area contributed by atoms with Gasteiger partial charge in [-0.05, 0) is 53.1 Å². The van der Waals surface area contributed by atoms with Gasteiger partial charge in [-0.1, -0.05) is 13.0 Å². The van der Waals surface area contributed by atoms with E-state index >= 15 is 0 Å². The van der Waals surface area contributed by atoms with Crippen LogP contribution < -0.4 is 14.8 Å². The van der Waals surface area contributed by atoms with Crippen LogP contribution in [0, 0.1) is 0 Å². The van der Waals surface area contributed by atoms with E-state index in [9.17, 15) is 0 Å². The molecule has 0 spiro atoms. The maximum absolute atomic E-state index is 5.45. The van der Waals surface area contributed by atoms with E-state index in [0.717, 1.165) is 24.5 Å². The molecule has 0 saturated heterocycles. The largest absolute Gasteiger partial charge is 0.454 e. The van der Waals surface area contributed by atoms with E-state index in [4.69, 9.17) is 9.47 Å². The Hall–Kier alpha value is -1.52. The van der Waals surface area contributed by atoms with Gasteiger partial charge in [0.25, 0.3) is 0 Å². The molecule has 0 bridgehead atoms. The summed E-state index contributed by atoms with van der Waals surface area (Å²) in [5.74, 6) is 1.69. The highest BCUT2D eigenvalue weighted by molar-refractivity contribution is 7.07. The standard InChI is InChI=1S/C15H17NO2S/c1-2-16-13(7-11-5-6-19-9-11)12-3-4-14-15(8-12)18-10-17-14/h3-6,8-9,13,16H,2,7,10H2,1H3. The van der Waals surface area contributed by atoms with Crippen LogP contribution in [0.2, 0.25) is 0 Å². The van der Waals surface area contributed by atoms with Crippen molar-refractivity contribution >= 4 is 11.3 Å². The summed E-state index contributed by atoms with van der Waals surface area (Å²) in [7, 11) is 0. The minimum atomic E-state index is 0.314. The van der Waals surface area contributed by atoms with E-state index in [0.29, 0.717) is 12.8 Å². The molecule has 2 aromatic rings. The third-order valence-corrected chi connectivity index (χ3v) is 4.00. The minimum Gasteiger partial charge on any atom is -0.454 e. The summed E-state index contributed by atoms with van der Waals surface area (Å²) >= 11 is 1.74. The van der Waals surface area contributed by atoms with Gasteiger partial charge in [-0.2, -0.15) is 11.3 Å². The molecule has 100 valence electrons. The molecule has 1 N–H and O–H groups in total. The second-order valence-electron chi connectivity index (χ2n) is 4.56. The van der Waals surface area contributed by atoms with Gasteiger partial charge < -0.3 is 14.8 Å². The SMILES string of the molecule is CCNC(Cc1ccsc1)c1ccc2c(c1)OCO2. The highest BCUT2D eigenvalue weighted by Crippen LogP contribution is 2.34. The Morgan fingerprint density at radius 1 is 1.26 bits per heavy atom. The van der Waals surface area contributed by atoms with Crippen molar-refractivity contribution in [3.05, 3.63) is 46.2 Å². The highest BCUT2D eigenvalue weighted by atomic mass is 32.1. The molecule has 0 saturated carbocycles. The smallest absolute Gasteiger partial charge is 0.231 e. The maximum atomic E-state index is 5.45. The summed E-state index contributed by atoms with van der Waals surface area (Å²) in [6.45, 7) is 3.41. The normalized spacial score (nSPS) is 14.6. The number of fused-ring (bicyclic) bond motifs is 1. The molecule has 2 heterocycles. The Morgan fingerprint density at radius 2 is 2.16 bits per heavy atom. The molecule has 19 heavy (non-hydrogen) atoms. The van der Waals surface area contributed by atoms with Gasteiger partial charge in [-0.15, -0.1) is 0 Å². The molecule has 3 nitrogen and oxygen atoms in total. The van der Waals surface area contributed by atoms with Crippen LogP contribution in [-0.4, -0.2) is 13.3 Å². The summed E-state index contributed by atoms with van der Waals surface area (Å²) in [6.07, 6.45) is 0.997. The molecule has 1 aliphatic rings. The zero-order valence-electron chi connectivity index (χ0n) is 10.9. The first-order valence-electron chi connectivity index (χ1n) is 6.51. The Labute approximate surface area is 117 Å². The highest BCUT2D eigenvalue weighted by Gasteiger charge is 2.17. The van der Waals surface area contributed by atoms with Crippen molar-refractivity contribution in [3.8, 4) is 11.5 Å². The van der Waals surface area contributed by atoms with Gasteiger partial charge in [0.05, 0.1) is 0 Å². The molecule has 1 aliphatic heterocycles. The van der Waals surface area contributed by atoms with Crippen molar-refractivity contribution in [2.45, 2.75) is 19.4 Å². The quantitative estimate of drug-likeness (QED) is 0.907. The molecule has 4 heteroatoms. The average molecular weight is 275 g/mol. The molecule has 1 aromatic carbocycles. The summed E-state index contributed by atoms with van der Waals surface area (Å²) in [5, 5.41) is 7.87. The number of hydrogen-bond donors (Lipinski definition) is 1. The monoisotopic (exact) mass is 275 g/mol. The van der Waals surface area contributed by atoms with E-state index in [1.165, 1.54) is 11.1 Å². The van der Waals surface area contributed by atoms with Crippen LogP contribution in [0.15, 0.2) is 35.0 Å². The summed E-state index contributed by atoms with van der Waals surface area (Å²) < 4.78 is 10.8. The second-order valence-corrected chi connectivity index (χ2v) is 5.34. The number of likely N-dealkylation sites (N-methyl/N-ethyl adjacent to an activating group) is 1. The van der Waals surface area contributed by atoms with Gasteiger partial charge in [-0.3, -0.25) is 0 Å². The van der Waals surface area contributed by atoms with Gasteiger partial charge in [0.15, 0.2) is 11.5 Å². The first-order valence-corrected chi connectivity index (χ1v) is 7.45.